The van der Waals surface area contributed by atoms with Crippen molar-refractivity contribution in [2.24, 2.45) is 0 Å². The fraction of sp³-hybridized carbons (Fsp3) is 0.100. The summed E-state index contributed by atoms with van der Waals surface area (Å²) in [5.41, 5.74) is 1.37. The molecule has 66 valence electrons. The molecule has 3 nitrogen and oxygen atoms in total. The number of aromatic nitrogens is 1. The molecule has 1 aromatic heterocycles. The molecule has 0 bridgehead atoms. The third kappa shape index (κ3) is 1.18. The van der Waals surface area contributed by atoms with E-state index >= 15 is 0 Å². The van der Waals surface area contributed by atoms with Gasteiger partial charge in [0.15, 0.2) is 0 Å². The van der Waals surface area contributed by atoms with Gasteiger partial charge in [-0.25, -0.2) is 0 Å². The van der Waals surface area contributed by atoms with Gasteiger partial charge in [0.05, 0.1) is 5.52 Å². The quantitative estimate of drug-likeness (QED) is 0.638. The van der Waals surface area contributed by atoms with Crippen LogP contribution in [0.25, 0.3) is 10.9 Å². The molecular formula is C10H9NO2. The molecule has 0 aliphatic rings. The van der Waals surface area contributed by atoms with Crippen LogP contribution in [0.15, 0.2) is 29.1 Å². The number of hydrogen-bond donors (Lipinski definition) is 2. The minimum absolute atomic E-state index is 0.0300. The van der Waals surface area contributed by atoms with Crippen molar-refractivity contribution in [3.63, 3.8) is 0 Å². The van der Waals surface area contributed by atoms with Gasteiger partial charge in [-0.1, -0.05) is 12.1 Å². The normalized spacial score (nSPS) is 10.5. The average Bonchev–Trinajstić information content (AvgIpc) is 2.07. The third-order valence-electron chi connectivity index (χ3n) is 2.06. The standard InChI is InChI=1S/C10H9NO2/c1-6-3-2-4-7-8(12)5-9(13)11-10(6)7/h2-5H,1H3,(H2,11,12,13). The van der Waals surface area contributed by atoms with Crippen LogP contribution in [0.3, 0.4) is 0 Å². The van der Waals surface area contributed by atoms with Gasteiger partial charge in [0.25, 0.3) is 5.56 Å². The first-order chi connectivity index (χ1) is 6.18. The van der Waals surface area contributed by atoms with Gasteiger partial charge in [-0.05, 0) is 18.6 Å². The predicted molar refractivity (Wildman–Crippen MR) is 51.0 cm³/mol. The summed E-state index contributed by atoms with van der Waals surface area (Å²) in [5, 5.41) is 10.1. The van der Waals surface area contributed by atoms with E-state index in [0.29, 0.717) is 10.9 Å². The van der Waals surface area contributed by atoms with E-state index in [0.717, 1.165) is 5.56 Å². The lowest BCUT2D eigenvalue weighted by atomic mass is 10.1. The van der Waals surface area contributed by atoms with Crippen LogP contribution in [0.2, 0.25) is 0 Å². The highest BCUT2D eigenvalue weighted by Crippen LogP contribution is 2.22. The Morgan fingerprint density at radius 1 is 1.38 bits per heavy atom. The maximum atomic E-state index is 11.0. The molecule has 3 heteroatoms. The SMILES string of the molecule is Cc1cccc2c(O)cc(=O)[nH]c12. The van der Waals surface area contributed by atoms with Gasteiger partial charge < -0.3 is 10.1 Å². The van der Waals surface area contributed by atoms with Crippen LogP contribution in [0, 0.1) is 6.92 Å². The van der Waals surface area contributed by atoms with Gasteiger partial charge in [-0.15, -0.1) is 0 Å². The first-order valence-corrected chi connectivity index (χ1v) is 4.00. The topological polar surface area (TPSA) is 53.1 Å². The number of benzene rings is 1. The Kier molecular flexibility index (Phi) is 1.59. The number of aryl methyl sites for hydroxylation is 1. The average molecular weight is 175 g/mol. The third-order valence-corrected chi connectivity index (χ3v) is 2.06. The predicted octanol–water partition coefficient (Wildman–Crippen LogP) is 1.54. The van der Waals surface area contributed by atoms with Crippen molar-refractivity contribution in [3.8, 4) is 5.75 Å². The Morgan fingerprint density at radius 2 is 2.15 bits per heavy atom. The molecule has 0 saturated carbocycles. The molecule has 2 rings (SSSR count). The molecule has 1 aromatic carbocycles. The van der Waals surface area contributed by atoms with E-state index in [1.165, 1.54) is 6.07 Å². The second-order valence-corrected chi connectivity index (χ2v) is 3.02. The van der Waals surface area contributed by atoms with Crippen LogP contribution in [-0.2, 0) is 0 Å². The zero-order valence-electron chi connectivity index (χ0n) is 7.16. The van der Waals surface area contributed by atoms with E-state index < -0.39 is 0 Å². The van der Waals surface area contributed by atoms with Crippen LogP contribution in [0.4, 0.5) is 0 Å². The lowest BCUT2D eigenvalue weighted by Gasteiger charge is -2.02. The largest absolute Gasteiger partial charge is 0.507 e. The van der Waals surface area contributed by atoms with Gasteiger partial charge in [-0.3, -0.25) is 4.79 Å². The number of H-pyrrole nitrogens is 1. The summed E-state index contributed by atoms with van der Waals surface area (Å²) in [7, 11) is 0. The Labute approximate surface area is 74.7 Å². The van der Waals surface area contributed by atoms with Crippen molar-refractivity contribution in [3.05, 3.63) is 40.2 Å². The van der Waals surface area contributed by atoms with Crippen LogP contribution >= 0.6 is 0 Å². The van der Waals surface area contributed by atoms with Crippen molar-refractivity contribution in [1.82, 2.24) is 4.98 Å². The van der Waals surface area contributed by atoms with Gasteiger partial charge in [-0.2, -0.15) is 0 Å². The molecule has 0 radical (unpaired) electrons. The van der Waals surface area contributed by atoms with E-state index in [1.807, 2.05) is 19.1 Å². The molecule has 0 spiro atoms. The van der Waals surface area contributed by atoms with E-state index in [2.05, 4.69) is 4.98 Å². The molecular weight excluding hydrogens is 166 g/mol. The highest BCUT2D eigenvalue weighted by Gasteiger charge is 2.02. The molecule has 0 fully saturated rings. The van der Waals surface area contributed by atoms with E-state index in [-0.39, 0.29) is 11.3 Å². The Bertz CT molecular complexity index is 514. The fourth-order valence-electron chi connectivity index (χ4n) is 1.41. The van der Waals surface area contributed by atoms with Crippen molar-refractivity contribution >= 4 is 10.9 Å². The first kappa shape index (κ1) is 7.86. The maximum absolute atomic E-state index is 11.0. The first-order valence-electron chi connectivity index (χ1n) is 4.00. The van der Waals surface area contributed by atoms with Crippen molar-refractivity contribution < 1.29 is 5.11 Å². The molecule has 13 heavy (non-hydrogen) atoms. The minimum atomic E-state index is -0.278. The molecule has 0 aliphatic carbocycles. The second kappa shape index (κ2) is 2.62. The van der Waals surface area contributed by atoms with Crippen molar-refractivity contribution in [1.29, 1.82) is 0 Å². The molecule has 0 unspecified atom stereocenters. The Balaban J connectivity index is 3.03. The molecule has 0 amide bonds. The monoisotopic (exact) mass is 175 g/mol. The van der Waals surface area contributed by atoms with Crippen molar-refractivity contribution in [2.75, 3.05) is 0 Å². The fourth-order valence-corrected chi connectivity index (χ4v) is 1.41. The lowest BCUT2D eigenvalue weighted by Crippen LogP contribution is -2.03. The molecule has 2 N–H and O–H groups in total. The summed E-state index contributed by atoms with van der Waals surface area (Å²) in [6.07, 6.45) is 0. The van der Waals surface area contributed by atoms with Gasteiger partial charge in [0.2, 0.25) is 0 Å². The summed E-state index contributed by atoms with van der Waals surface area (Å²) in [4.78, 5) is 13.7. The van der Waals surface area contributed by atoms with Crippen LogP contribution in [0.5, 0.6) is 5.75 Å². The van der Waals surface area contributed by atoms with E-state index in [1.54, 1.807) is 6.07 Å². The highest BCUT2D eigenvalue weighted by atomic mass is 16.3. The second-order valence-electron chi connectivity index (χ2n) is 3.02. The maximum Gasteiger partial charge on any atom is 0.252 e. The lowest BCUT2D eigenvalue weighted by molar-refractivity contribution is 0.480. The Morgan fingerprint density at radius 3 is 2.92 bits per heavy atom. The van der Waals surface area contributed by atoms with Gasteiger partial charge in [0, 0.05) is 11.5 Å². The van der Waals surface area contributed by atoms with E-state index in [9.17, 15) is 9.90 Å². The zero-order valence-corrected chi connectivity index (χ0v) is 7.16. The minimum Gasteiger partial charge on any atom is -0.507 e. The summed E-state index contributed by atoms with van der Waals surface area (Å²) < 4.78 is 0. The van der Waals surface area contributed by atoms with Crippen LogP contribution in [-0.4, -0.2) is 10.1 Å². The molecule has 1 heterocycles. The molecule has 2 aromatic rings. The summed E-state index contributed by atoms with van der Waals surface area (Å²) in [6, 6.07) is 6.68. The van der Waals surface area contributed by atoms with E-state index in [4.69, 9.17) is 0 Å². The Hall–Kier alpha value is -1.77. The number of fused-ring (bicyclic) bond motifs is 1. The molecule has 0 aliphatic heterocycles. The number of rotatable bonds is 0. The van der Waals surface area contributed by atoms with Gasteiger partial charge >= 0.3 is 0 Å². The van der Waals surface area contributed by atoms with Gasteiger partial charge in [0.1, 0.15) is 5.75 Å². The number of para-hydroxylation sites is 1. The summed E-state index contributed by atoms with van der Waals surface area (Å²) in [5.74, 6) is 0.0300. The molecule has 0 atom stereocenters. The number of pyridine rings is 1. The smallest absolute Gasteiger partial charge is 0.252 e. The number of nitrogens with one attached hydrogen (secondary N) is 1. The summed E-state index contributed by atoms with van der Waals surface area (Å²) >= 11 is 0. The number of aromatic hydroxyl groups is 1. The number of hydrogen-bond acceptors (Lipinski definition) is 2. The van der Waals surface area contributed by atoms with Crippen LogP contribution < -0.4 is 5.56 Å². The summed E-state index contributed by atoms with van der Waals surface area (Å²) in [6.45, 7) is 1.89. The molecule has 0 saturated heterocycles. The highest BCUT2D eigenvalue weighted by molar-refractivity contribution is 5.86. The zero-order chi connectivity index (χ0) is 9.42. The van der Waals surface area contributed by atoms with Crippen molar-refractivity contribution in [2.45, 2.75) is 6.92 Å². The number of aromatic amines is 1. The van der Waals surface area contributed by atoms with Crippen LogP contribution in [0.1, 0.15) is 5.56 Å².